The van der Waals surface area contributed by atoms with Gasteiger partial charge >= 0.3 is 5.97 Å². The predicted molar refractivity (Wildman–Crippen MR) is 115 cm³/mol. The van der Waals surface area contributed by atoms with Crippen molar-refractivity contribution in [3.63, 3.8) is 0 Å². The number of hydrogen-bond donors (Lipinski definition) is 3. The van der Waals surface area contributed by atoms with Gasteiger partial charge in [-0.25, -0.2) is 0 Å². The van der Waals surface area contributed by atoms with Crippen LogP contribution in [0.1, 0.15) is 88.4 Å². The monoisotopic (exact) mass is 388 g/mol. The Morgan fingerprint density at radius 3 is 2.43 bits per heavy atom. The number of aliphatic hydroxyl groups is 2. The molecule has 2 atom stereocenters. The van der Waals surface area contributed by atoms with Crippen LogP contribution >= 0.6 is 0 Å². The van der Waals surface area contributed by atoms with Gasteiger partial charge in [0, 0.05) is 6.42 Å². The van der Waals surface area contributed by atoms with Crippen LogP contribution in [0.15, 0.2) is 42.5 Å². The van der Waals surface area contributed by atoms with E-state index in [1.807, 2.05) is 42.5 Å². The number of rotatable bonds is 15. The van der Waals surface area contributed by atoms with Crippen LogP contribution in [0.3, 0.4) is 0 Å². The first-order chi connectivity index (χ1) is 13.5. The minimum Gasteiger partial charge on any atom is -0.481 e. The highest BCUT2D eigenvalue weighted by atomic mass is 16.4. The number of aliphatic carboxylic acids is 1. The molecule has 0 aliphatic heterocycles. The lowest BCUT2D eigenvalue weighted by Crippen LogP contribution is -2.02. The molecule has 4 nitrogen and oxygen atoms in total. The van der Waals surface area contributed by atoms with Crippen LogP contribution < -0.4 is 0 Å². The summed E-state index contributed by atoms with van der Waals surface area (Å²) in [5, 5.41) is 29.1. The molecule has 0 aliphatic carbocycles. The molecule has 0 bridgehead atoms. The molecule has 1 rings (SSSR count). The van der Waals surface area contributed by atoms with E-state index >= 15 is 0 Å². The Morgan fingerprint density at radius 2 is 1.68 bits per heavy atom. The number of benzene rings is 1. The normalized spacial score (nSPS) is 14.0. The van der Waals surface area contributed by atoms with E-state index in [-0.39, 0.29) is 6.42 Å². The van der Waals surface area contributed by atoms with Gasteiger partial charge in [0.05, 0.1) is 12.2 Å². The molecular formula is C24H36O4. The van der Waals surface area contributed by atoms with Crippen LogP contribution in [-0.2, 0) is 4.79 Å². The van der Waals surface area contributed by atoms with Crippen molar-refractivity contribution in [2.75, 3.05) is 0 Å². The summed E-state index contributed by atoms with van der Waals surface area (Å²) in [6.45, 7) is 2.21. The molecule has 1 aromatic rings. The van der Waals surface area contributed by atoms with Crippen molar-refractivity contribution >= 4 is 12.0 Å². The molecule has 3 N–H and O–H groups in total. The molecule has 0 amide bonds. The van der Waals surface area contributed by atoms with Crippen molar-refractivity contribution in [3.05, 3.63) is 53.6 Å². The molecule has 0 aromatic heterocycles. The van der Waals surface area contributed by atoms with Gasteiger partial charge in [0.25, 0.3) is 0 Å². The van der Waals surface area contributed by atoms with Crippen LogP contribution in [0, 0.1) is 0 Å². The van der Waals surface area contributed by atoms with Crippen LogP contribution in [0.25, 0.3) is 6.08 Å². The first-order valence-corrected chi connectivity index (χ1v) is 10.6. The van der Waals surface area contributed by atoms with Gasteiger partial charge in [-0.1, -0.05) is 94.0 Å². The Balaban J connectivity index is 2.44. The zero-order chi connectivity index (χ0) is 20.6. The van der Waals surface area contributed by atoms with E-state index in [1.54, 1.807) is 6.08 Å². The second-order valence-electron chi connectivity index (χ2n) is 7.30. The second kappa shape index (κ2) is 15.1. The van der Waals surface area contributed by atoms with Crippen LogP contribution in [0.5, 0.6) is 0 Å². The highest BCUT2D eigenvalue weighted by molar-refractivity contribution is 5.66. The van der Waals surface area contributed by atoms with Gasteiger partial charge in [-0.3, -0.25) is 4.79 Å². The highest BCUT2D eigenvalue weighted by Crippen LogP contribution is 2.24. The van der Waals surface area contributed by atoms with Gasteiger partial charge in [0.15, 0.2) is 0 Å². The first-order valence-electron chi connectivity index (χ1n) is 10.6. The quantitative estimate of drug-likeness (QED) is 0.268. The summed E-state index contributed by atoms with van der Waals surface area (Å²) in [4.78, 5) is 10.6. The van der Waals surface area contributed by atoms with Crippen molar-refractivity contribution in [1.29, 1.82) is 0 Å². The molecule has 0 radical (unpaired) electrons. The van der Waals surface area contributed by atoms with E-state index in [0.717, 1.165) is 24.0 Å². The average molecular weight is 389 g/mol. The van der Waals surface area contributed by atoms with Crippen molar-refractivity contribution in [2.24, 2.45) is 0 Å². The molecule has 0 saturated carbocycles. The molecular weight excluding hydrogens is 352 g/mol. The van der Waals surface area contributed by atoms with Gasteiger partial charge in [-0.2, -0.15) is 0 Å². The maximum absolute atomic E-state index is 10.6. The summed E-state index contributed by atoms with van der Waals surface area (Å²) in [5.74, 6) is -0.843. The van der Waals surface area contributed by atoms with Crippen LogP contribution in [0.2, 0.25) is 0 Å². The lowest BCUT2D eigenvalue weighted by atomic mass is 9.98. The third-order valence-corrected chi connectivity index (χ3v) is 4.80. The number of allylic oxidation sites excluding steroid dienone is 2. The fraction of sp³-hybridized carbons (Fsp3) is 0.542. The fourth-order valence-electron chi connectivity index (χ4n) is 3.15. The van der Waals surface area contributed by atoms with Gasteiger partial charge in [-0.05, 0) is 30.4 Å². The molecule has 0 fully saturated rings. The van der Waals surface area contributed by atoms with Gasteiger partial charge in [-0.15, -0.1) is 0 Å². The van der Waals surface area contributed by atoms with E-state index < -0.39 is 18.2 Å². The molecule has 0 heterocycles. The fourth-order valence-corrected chi connectivity index (χ4v) is 3.15. The van der Waals surface area contributed by atoms with Gasteiger partial charge in [0.2, 0.25) is 0 Å². The largest absolute Gasteiger partial charge is 0.481 e. The summed E-state index contributed by atoms with van der Waals surface area (Å²) in [6, 6.07) is 7.56. The Hall–Kier alpha value is -1.91. The standard InChI is InChI=1S/C24H36O4/c1-2-3-4-5-6-7-15-21(25)16-10-8-13-20-14-9-11-17-22(20)23(26)18-12-19-24(27)28/h8-11,13-14,16-17,21,23,25-26H,2-7,12,15,18-19H2,1H3,(H,27,28)/b13-8+,16-10+. The minimum absolute atomic E-state index is 0.0638. The average Bonchev–Trinajstić information content (AvgIpc) is 2.68. The number of hydrogen-bond acceptors (Lipinski definition) is 3. The maximum atomic E-state index is 10.6. The predicted octanol–water partition coefficient (Wildman–Crippen LogP) is 5.66. The summed E-state index contributed by atoms with van der Waals surface area (Å²) < 4.78 is 0. The maximum Gasteiger partial charge on any atom is 0.303 e. The van der Waals surface area contributed by atoms with Gasteiger partial charge < -0.3 is 15.3 Å². The van der Waals surface area contributed by atoms with Crippen molar-refractivity contribution < 1.29 is 20.1 Å². The molecule has 1 aromatic carbocycles. The second-order valence-corrected chi connectivity index (χ2v) is 7.30. The summed E-state index contributed by atoms with van der Waals surface area (Å²) in [5.41, 5.74) is 1.70. The molecule has 4 heteroatoms. The van der Waals surface area contributed by atoms with Crippen LogP contribution in [-0.4, -0.2) is 27.4 Å². The Bertz CT molecular complexity index is 606. The number of carbonyl (C=O) groups is 1. The lowest BCUT2D eigenvalue weighted by molar-refractivity contribution is -0.137. The smallest absolute Gasteiger partial charge is 0.303 e. The van der Waals surface area contributed by atoms with Crippen LogP contribution in [0.4, 0.5) is 0 Å². The Morgan fingerprint density at radius 1 is 0.964 bits per heavy atom. The molecule has 0 aliphatic rings. The lowest BCUT2D eigenvalue weighted by Gasteiger charge is -2.13. The molecule has 0 spiro atoms. The minimum atomic E-state index is -0.843. The highest BCUT2D eigenvalue weighted by Gasteiger charge is 2.11. The first kappa shape index (κ1) is 24.1. The van der Waals surface area contributed by atoms with E-state index in [9.17, 15) is 15.0 Å². The number of carboxylic acids is 1. The number of unbranched alkanes of at least 4 members (excludes halogenated alkanes) is 5. The summed E-state index contributed by atoms with van der Waals surface area (Å²) in [6.07, 6.45) is 15.3. The topological polar surface area (TPSA) is 77.8 Å². The Labute approximate surface area is 169 Å². The summed E-state index contributed by atoms with van der Waals surface area (Å²) >= 11 is 0. The summed E-state index contributed by atoms with van der Waals surface area (Å²) in [7, 11) is 0. The van der Waals surface area contributed by atoms with E-state index in [4.69, 9.17) is 5.11 Å². The zero-order valence-electron chi connectivity index (χ0n) is 17.1. The van der Waals surface area contributed by atoms with E-state index in [2.05, 4.69) is 6.92 Å². The van der Waals surface area contributed by atoms with Gasteiger partial charge in [0.1, 0.15) is 0 Å². The Kier molecular flexibility index (Phi) is 13.0. The third-order valence-electron chi connectivity index (χ3n) is 4.80. The number of carboxylic acid groups (broad SMARTS) is 1. The molecule has 0 saturated heterocycles. The van der Waals surface area contributed by atoms with E-state index in [0.29, 0.717) is 12.8 Å². The SMILES string of the molecule is CCCCCCCCC(O)/C=C/C=C/c1ccccc1C(O)CCCC(=O)O. The molecule has 2 unspecified atom stereocenters. The molecule has 156 valence electrons. The van der Waals surface area contributed by atoms with Crippen molar-refractivity contribution in [2.45, 2.75) is 83.3 Å². The number of aliphatic hydroxyl groups excluding tert-OH is 2. The molecule has 28 heavy (non-hydrogen) atoms. The van der Waals surface area contributed by atoms with E-state index in [1.165, 1.54) is 32.1 Å². The zero-order valence-corrected chi connectivity index (χ0v) is 17.1. The van der Waals surface area contributed by atoms with Crippen molar-refractivity contribution in [3.8, 4) is 0 Å². The third kappa shape index (κ3) is 11.1. The van der Waals surface area contributed by atoms with Crippen molar-refractivity contribution in [1.82, 2.24) is 0 Å².